The Balaban J connectivity index is 3.67. The molecule has 0 fully saturated rings. The van der Waals surface area contributed by atoms with Gasteiger partial charge in [-0.2, -0.15) is 13.2 Å². The van der Waals surface area contributed by atoms with Gasteiger partial charge in [0.25, 0.3) is 0 Å². The number of nitrogens with two attached hydrogens (primary N) is 1. The largest absolute Gasteiger partial charge is 0.389 e. The summed E-state index contributed by atoms with van der Waals surface area (Å²) in [6, 6.07) is -0.349. The summed E-state index contributed by atoms with van der Waals surface area (Å²) in [4.78, 5) is 0. The summed E-state index contributed by atoms with van der Waals surface area (Å²) < 4.78 is 35.3. The Labute approximate surface area is 75.6 Å². The highest BCUT2D eigenvalue weighted by atomic mass is 19.4. The number of nitrogens with one attached hydrogen (secondary N) is 1. The van der Waals surface area contributed by atoms with Crippen LogP contribution in [0.15, 0.2) is 0 Å². The van der Waals surface area contributed by atoms with E-state index in [1.165, 1.54) is 0 Å². The van der Waals surface area contributed by atoms with E-state index in [-0.39, 0.29) is 12.5 Å². The first-order valence-corrected chi connectivity index (χ1v) is 3.96. The van der Waals surface area contributed by atoms with E-state index in [1.54, 1.807) is 0 Å². The zero-order valence-corrected chi connectivity index (χ0v) is 7.19. The van der Waals surface area contributed by atoms with Crippen molar-refractivity contribution in [1.29, 1.82) is 0 Å². The Morgan fingerprint density at radius 1 is 1.38 bits per heavy atom. The first-order valence-electron chi connectivity index (χ1n) is 3.96. The topological polar surface area (TPSA) is 38.0 Å². The highest BCUT2D eigenvalue weighted by molar-refractivity contribution is 4.85. The Morgan fingerprint density at radius 2 is 2.00 bits per heavy atom. The number of rotatable bonds is 5. The third-order valence-electron chi connectivity index (χ3n) is 1.65. The number of hydrogen-bond donors (Lipinski definition) is 2. The average molecular weight is 194 g/mol. The third-order valence-corrected chi connectivity index (χ3v) is 1.65. The second kappa shape index (κ2) is 5.84. The lowest BCUT2D eigenvalue weighted by Crippen LogP contribution is -2.35. The number of alkyl halides is 3. The fraction of sp³-hybridized carbons (Fsp3) is 0.750. The molecule has 0 aliphatic carbocycles. The van der Waals surface area contributed by atoms with Crippen LogP contribution in [-0.2, 0) is 0 Å². The van der Waals surface area contributed by atoms with Crippen LogP contribution in [0.5, 0.6) is 0 Å². The molecule has 0 spiro atoms. The summed E-state index contributed by atoms with van der Waals surface area (Å²) in [5, 5.41) is 0. The van der Waals surface area contributed by atoms with Gasteiger partial charge in [0, 0.05) is 18.9 Å². The summed E-state index contributed by atoms with van der Waals surface area (Å²) in [6.45, 7) is 0. The molecular formula is C8H13F3N2. The molecule has 0 rings (SSSR count). The van der Waals surface area contributed by atoms with Crippen molar-refractivity contribution >= 4 is 0 Å². The van der Waals surface area contributed by atoms with Crippen molar-refractivity contribution in [2.45, 2.75) is 37.9 Å². The highest BCUT2D eigenvalue weighted by Crippen LogP contribution is 2.22. The zero-order valence-electron chi connectivity index (χ0n) is 7.19. The molecule has 0 aromatic rings. The minimum Gasteiger partial charge on any atom is -0.271 e. The van der Waals surface area contributed by atoms with Crippen LogP contribution < -0.4 is 11.3 Å². The van der Waals surface area contributed by atoms with Crippen molar-refractivity contribution in [2.24, 2.45) is 5.84 Å². The first-order chi connectivity index (χ1) is 5.99. The van der Waals surface area contributed by atoms with E-state index in [1.807, 2.05) is 0 Å². The van der Waals surface area contributed by atoms with Gasteiger partial charge in [0.1, 0.15) is 0 Å². The van der Waals surface area contributed by atoms with Gasteiger partial charge in [0.2, 0.25) is 0 Å². The SMILES string of the molecule is C#CCCC(CCC(F)(F)F)NN. The van der Waals surface area contributed by atoms with Gasteiger partial charge in [-0.3, -0.25) is 11.3 Å². The Kier molecular flexibility index (Phi) is 5.51. The van der Waals surface area contributed by atoms with E-state index in [2.05, 4.69) is 11.3 Å². The normalized spacial score (nSPS) is 13.8. The van der Waals surface area contributed by atoms with E-state index in [0.29, 0.717) is 12.8 Å². The zero-order chi connectivity index (χ0) is 10.3. The number of terminal acetylenes is 1. The van der Waals surface area contributed by atoms with Crippen LogP contribution in [0.25, 0.3) is 0 Å². The van der Waals surface area contributed by atoms with Crippen molar-refractivity contribution in [3.63, 3.8) is 0 Å². The maximum Gasteiger partial charge on any atom is 0.389 e. The Hall–Kier alpha value is -0.730. The number of hydrazine groups is 1. The Bertz CT molecular complexity index is 171. The van der Waals surface area contributed by atoms with Gasteiger partial charge in [0.05, 0.1) is 0 Å². The van der Waals surface area contributed by atoms with E-state index < -0.39 is 12.6 Å². The van der Waals surface area contributed by atoms with Gasteiger partial charge in [0.15, 0.2) is 0 Å². The van der Waals surface area contributed by atoms with Crippen LogP contribution in [0.3, 0.4) is 0 Å². The standard InChI is InChI=1S/C8H13F3N2/c1-2-3-4-7(13-12)5-6-8(9,10)11/h1,7,13H,3-6,12H2. The van der Waals surface area contributed by atoms with Crippen LogP contribution >= 0.6 is 0 Å². The predicted octanol–water partition coefficient (Wildman–Crippen LogP) is 1.57. The second-order valence-corrected chi connectivity index (χ2v) is 2.76. The van der Waals surface area contributed by atoms with Gasteiger partial charge >= 0.3 is 6.18 Å². The molecule has 0 aliphatic rings. The molecule has 2 nitrogen and oxygen atoms in total. The van der Waals surface area contributed by atoms with Crippen molar-refractivity contribution < 1.29 is 13.2 Å². The smallest absolute Gasteiger partial charge is 0.271 e. The van der Waals surface area contributed by atoms with E-state index in [4.69, 9.17) is 12.3 Å². The molecule has 5 heteroatoms. The summed E-state index contributed by atoms with van der Waals surface area (Å²) in [5.74, 6) is 7.41. The lowest BCUT2D eigenvalue weighted by atomic mass is 10.1. The molecule has 3 N–H and O–H groups in total. The molecule has 1 unspecified atom stereocenters. The minimum absolute atomic E-state index is 0.0261. The summed E-state index contributed by atoms with van der Waals surface area (Å²) in [5.41, 5.74) is 2.31. The molecule has 76 valence electrons. The number of halogens is 3. The molecule has 1 atom stereocenters. The van der Waals surface area contributed by atoms with Crippen molar-refractivity contribution in [1.82, 2.24) is 5.43 Å². The molecule has 13 heavy (non-hydrogen) atoms. The summed E-state index contributed by atoms with van der Waals surface area (Å²) >= 11 is 0. The van der Waals surface area contributed by atoms with Crippen LogP contribution in [0.2, 0.25) is 0 Å². The predicted molar refractivity (Wildman–Crippen MR) is 44.5 cm³/mol. The lowest BCUT2D eigenvalue weighted by molar-refractivity contribution is -0.136. The maximum absolute atomic E-state index is 11.8. The van der Waals surface area contributed by atoms with Gasteiger partial charge in [-0.15, -0.1) is 12.3 Å². The molecule has 0 aliphatic heterocycles. The molecule has 0 heterocycles. The monoisotopic (exact) mass is 194 g/mol. The molecular weight excluding hydrogens is 181 g/mol. The quantitative estimate of drug-likeness (QED) is 0.396. The second-order valence-electron chi connectivity index (χ2n) is 2.76. The molecule has 0 aromatic carbocycles. The fourth-order valence-electron chi connectivity index (χ4n) is 0.906. The molecule has 0 saturated heterocycles. The first kappa shape index (κ1) is 12.3. The molecule has 0 radical (unpaired) electrons. The Morgan fingerprint density at radius 3 is 2.38 bits per heavy atom. The van der Waals surface area contributed by atoms with Crippen LogP contribution in [-0.4, -0.2) is 12.2 Å². The van der Waals surface area contributed by atoms with Gasteiger partial charge in [-0.05, 0) is 12.8 Å². The fourth-order valence-corrected chi connectivity index (χ4v) is 0.906. The summed E-state index contributed by atoms with van der Waals surface area (Å²) in [6.07, 6.45) is 0.912. The third kappa shape index (κ3) is 7.62. The van der Waals surface area contributed by atoms with Gasteiger partial charge < -0.3 is 0 Å². The van der Waals surface area contributed by atoms with Crippen molar-refractivity contribution in [3.05, 3.63) is 0 Å². The van der Waals surface area contributed by atoms with Crippen LogP contribution in [0, 0.1) is 12.3 Å². The minimum atomic E-state index is -4.12. The lowest BCUT2D eigenvalue weighted by Gasteiger charge is -2.15. The van der Waals surface area contributed by atoms with Crippen molar-refractivity contribution in [2.75, 3.05) is 0 Å². The maximum atomic E-state index is 11.8. The number of hydrogen-bond acceptors (Lipinski definition) is 2. The van der Waals surface area contributed by atoms with Gasteiger partial charge in [-0.25, -0.2) is 0 Å². The van der Waals surface area contributed by atoms with Crippen LogP contribution in [0.4, 0.5) is 13.2 Å². The molecule has 0 bridgehead atoms. The van der Waals surface area contributed by atoms with Gasteiger partial charge in [-0.1, -0.05) is 0 Å². The average Bonchev–Trinajstić information content (AvgIpc) is 2.03. The highest BCUT2D eigenvalue weighted by Gasteiger charge is 2.27. The molecule has 0 aromatic heterocycles. The molecule has 0 saturated carbocycles. The van der Waals surface area contributed by atoms with Crippen molar-refractivity contribution in [3.8, 4) is 12.3 Å². The van der Waals surface area contributed by atoms with E-state index in [0.717, 1.165) is 0 Å². The summed E-state index contributed by atoms with van der Waals surface area (Å²) in [7, 11) is 0. The molecule has 0 amide bonds. The van der Waals surface area contributed by atoms with E-state index in [9.17, 15) is 13.2 Å². The van der Waals surface area contributed by atoms with E-state index >= 15 is 0 Å². The van der Waals surface area contributed by atoms with Crippen LogP contribution in [0.1, 0.15) is 25.7 Å².